The molecule has 126 valence electrons. The van der Waals surface area contributed by atoms with Crippen LogP contribution in [-0.2, 0) is 11.3 Å². The van der Waals surface area contributed by atoms with Crippen molar-refractivity contribution in [1.82, 2.24) is 14.7 Å². The van der Waals surface area contributed by atoms with Crippen LogP contribution < -0.4 is 4.74 Å². The van der Waals surface area contributed by atoms with Crippen LogP contribution in [0.2, 0.25) is 0 Å². The van der Waals surface area contributed by atoms with E-state index in [0.717, 1.165) is 37.2 Å². The Morgan fingerprint density at radius 3 is 2.54 bits per heavy atom. The number of fused-ring (bicyclic) bond motifs is 1. The Hall–Kier alpha value is -2.30. The van der Waals surface area contributed by atoms with Crippen LogP contribution in [0, 0.1) is 18.8 Å². The first kappa shape index (κ1) is 15.2. The Labute approximate surface area is 142 Å². The maximum atomic E-state index is 12.5. The lowest BCUT2D eigenvalue weighted by atomic mass is 10.0. The van der Waals surface area contributed by atoms with Gasteiger partial charge in [0, 0.05) is 19.3 Å². The summed E-state index contributed by atoms with van der Waals surface area (Å²) in [4.78, 5) is 14.5. The molecule has 1 aliphatic carbocycles. The fourth-order valence-corrected chi connectivity index (χ4v) is 4.03. The third-order valence-electron chi connectivity index (χ3n) is 5.17. The lowest BCUT2D eigenvalue weighted by Crippen LogP contribution is -2.33. The number of aryl methyl sites for hydroxylation is 1. The molecule has 3 atom stereocenters. The number of aromatic nitrogens is 2. The summed E-state index contributed by atoms with van der Waals surface area (Å²) >= 11 is 0. The second kappa shape index (κ2) is 6.30. The first-order valence-electron chi connectivity index (χ1n) is 8.66. The van der Waals surface area contributed by atoms with E-state index < -0.39 is 0 Å². The van der Waals surface area contributed by atoms with Crippen LogP contribution in [0.3, 0.4) is 0 Å². The van der Waals surface area contributed by atoms with E-state index in [9.17, 15) is 4.79 Å². The average molecular weight is 325 g/mol. The van der Waals surface area contributed by atoms with Gasteiger partial charge in [0.2, 0.25) is 5.91 Å². The van der Waals surface area contributed by atoms with Gasteiger partial charge in [0.15, 0.2) is 0 Å². The van der Waals surface area contributed by atoms with Crippen molar-refractivity contribution >= 4 is 5.91 Å². The molecule has 1 aliphatic heterocycles. The highest BCUT2D eigenvalue weighted by Crippen LogP contribution is 2.39. The second-order valence-corrected chi connectivity index (χ2v) is 7.06. The van der Waals surface area contributed by atoms with Crippen LogP contribution >= 0.6 is 0 Å². The second-order valence-electron chi connectivity index (χ2n) is 7.06. The summed E-state index contributed by atoms with van der Waals surface area (Å²) in [5, 5.41) is 4.21. The number of hydrogen-bond donors (Lipinski definition) is 0. The summed E-state index contributed by atoms with van der Waals surface area (Å²) in [7, 11) is 0. The Kier molecular flexibility index (Phi) is 4.00. The van der Waals surface area contributed by atoms with E-state index in [1.165, 1.54) is 0 Å². The van der Waals surface area contributed by atoms with Gasteiger partial charge in [-0.1, -0.05) is 18.2 Å². The highest BCUT2D eigenvalue weighted by molar-refractivity contribution is 5.76. The van der Waals surface area contributed by atoms with Crippen molar-refractivity contribution in [3.05, 3.63) is 48.3 Å². The summed E-state index contributed by atoms with van der Waals surface area (Å²) in [6.45, 7) is 4.05. The minimum absolute atomic E-state index is 0.174. The molecule has 24 heavy (non-hydrogen) atoms. The van der Waals surface area contributed by atoms with Crippen molar-refractivity contribution in [1.29, 1.82) is 0 Å². The monoisotopic (exact) mass is 325 g/mol. The number of carbonyl (C=O) groups excluding carboxylic acids is 1. The van der Waals surface area contributed by atoms with Crippen molar-refractivity contribution in [3.63, 3.8) is 0 Å². The number of carbonyl (C=O) groups is 1. The molecule has 1 saturated heterocycles. The van der Waals surface area contributed by atoms with Gasteiger partial charge in [-0.05, 0) is 49.3 Å². The molecule has 1 aromatic heterocycles. The summed E-state index contributed by atoms with van der Waals surface area (Å²) in [6.07, 6.45) is 6.08. The van der Waals surface area contributed by atoms with Crippen LogP contribution in [0.5, 0.6) is 5.75 Å². The molecule has 1 aromatic carbocycles. The quantitative estimate of drug-likeness (QED) is 0.868. The predicted molar refractivity (Wildman–Crippen MR) is 90.6 cm³/mol. The highest BCUT2D eigenvalue weighted by atomic mass is 16.5. The first-order valence-corrected chi connectivity index (χ1v) is 8.66. The molecule has 1 saturated carbocycles. The van der Waals surface area contributed by atoms with Crippen LogP contribution in [0.1, 0.15) is 18.4 Å². The van der Waals surface area contributed by atoms with E-state index >= 15 is 0 Å². The Balaban J connectivity index is 1.30. The van der Waals surface area contributed by atoms with Crippen LogP contribution in [-0.4, -0.2) is 39.8 Å². The largest absolute Gasteiger partial charge is 0.490 e. The number of para-hydroxylation sites is 1. The van der Waals surface area contributed by atoms with Gasteiger partial charge >= 0.3 is 0 Å². The third-order valence-corrected chi connectivity index (χ3v) is 5.17. The SMILES string of the molecule is Cc1cnn(CC(=O)N2C[C@H]3CC(Oc4ccccc4)C[C@H]3C2)c1. The van der Waals surface area contributed by atoms with Gasteiger partial charge in [-0.15, -0.1) is 0 Å². The van der Waals surface area contributed by atoms with E-state index in [0.29, 0.717) is 18.4 Å². The number of rotatable bonds is 4. The van der Waals surface area contributed by atoms with Crippen molar-refractivity contribution in [2.75, 3.05) is 13.1 Å². The van der Waals surface area contributed by atoms with E-state index in [-0.39, 0.29) is 12.0 Å². The summed E-state index contributed by atoms with van der Waals surface area (Å²) < 4.78 is 7.82. The van der Waals surface area contributed by atoms with Crippen molar-refractivity contribution in [2.45, 2.75) is 32.4 Å². The minimum Gasteiger partial charge on any atom is -0.490 e. The maximum absolute atomic E-state index is 12.5. The fraction of sp³-hybridized carbons (Fsp3) is 0.474. The molecule has 5 nitrogen and oxygen atoms in total. The van der Waals surface area contributed by atoms with E-state index in [2.05, 4.69) is 5.10 Å². The highest BCUT2D eigenvalue weighted by Gasteiger charge is 2.43. The van der Waals surface area contributed by atoms with Crippen molar-refractivity contribution in [3.8, 4) is 5.75 Å². The zero-order valence-electron chi connectivity index (χ0n) is 14.0. The van der Waals surface area contributed by atoms with Gasteiger partial charge in [-0.2, -0.15) is 5.10 Å². The molecule has 5 heteroatoms. The van der Waals surface area contributed by atoms with Crippen molar-refractivity contribution < 1.29 is 9.53 Å². The molecule has 2 fully saturated rings. The van der Waals surface area contributed by atoms with Gasteiger partial charge in [0.05, 0.1) is 12.3 Å². The smallest absolute Gasteiger partial charge is 0.244 e. The normalized spacial score (nSPS) is 25.7. The van der Waals surface area contributed by atoms with Gasteiger partial charge in [-0.25, -0.2) is 0 Å². The van der Waals surface area contributed by atoms with Gasteiger partial charge in [0.25, 0.3) is 0 Å². The molecule has 4 rings (SSSR count). The molecule has 2 heterocycles. The zero-order valence-corrected chi connectivity index (χ0v) is 14.0. The lowest BCUT2D eigenvalue weighted by molar-refractivity contribution is -0.131. The van der Waals surface area contributed by atoms with Crippen LogP contribution in [0.15, 0.2) is 42.7 Å². The van der Waals surface area contributed by atoms with E-state index in [4.69, 9.17) is 4.74 Å². The number of nitrogens with zero attached hydrogens (tertiary/aromatic N) is 3. The van der Waals surface area contributed by atoms with Gasteiger partial charge in [0.1, 0.15) is 12.3 Å². The fourth-order valence-electron chi connectivity index (χ4n) is 4.03. The number of likely N-dealkylation sites (tertiary alicyclic amines) is 1. The van der Waals surface area contributed by atoms with Crippen LogP contribution in [0.25, 0.3) is 0 Å². The number of amides is 1. The number of ether oxygens (including phenoxy) is 1. The third kappa shape index (κ3) is 3.16. The van der Waals surface area contributed by atoms with Gasteiger partial charge < -0.3 is 9.64 Å². The molecule has 2 aromatic rings. The van der Waals surface area contributed by atoms with Crippen LogP contribution in [0.4, 0.5) is 0 Å². The minimum atomic E-state index is 0.174. The summed E-state index contributed by atoms with van der Waals surface area (Å²) in [5.41, 5.74) is 1.09. The molecule has 0 radical (unpaired) electrons. The Bertz CT molecular complexity index is 698. The average Bonchev–Trinajstić information content (AvgIpc) is 3.23. The topological polar surface area (TPSA) is 47.4 Å². The molecule has 0 bridgehead atoms. The molecule has 1 amide bonds. The van der Waals surface area contributed by atoms with E-state index in [1.54, 1.807) is 10.9 Å². The molecule has 0 N–H and O–H groups in total. The molecule has 2 aliphatic rings. The zero-order chi connectivity index (χ0) is 16.5. The lowest BCUT2D eigenvalue weighted by Gasteiger charge is -2.20. The first-order chi connectivity index (χ1) is 11.7. The Morgan fingerprint density at radius 1 is 1.21 bits per heavy atom. The standard InChI is InChI=1S/C19H23N3O2/c1-14-9-20-22(10-14)13-19(23)21-11-15-7-18(8-16(15)12-21)24-17-5-3-2-4-6-17/h2-6,9-10,15-16,18H,7-8,11-13H2,1H3/t15-,16+,18?. The number of benzene rings is 1. The molecule has 0 spiro atoms. The number of hydrogen-bond acceptors (Lipinski definition) is 3. The molecule has 1 unspecified atom stereocenters. The summed E-state index contributed by atoms with van der Waals surface area (Å²) in [5.74, 6) is 2.27. The van der Waals surface area contributed by atoms with Crippen molar-refractivity contribution in [2.24, 2.45) is 11.8 Å². The van der Waals surface area contributed by atoms with E-state index in [1.807, 2.05) is 48.4 Å². The molecular weight excluding hydrogens is 302 g/mol. The van der Waals surface area contributed by atoms with Gasteiger partial charge in [-0.3, -0.25) is 9.48 Å². The maximum Gasteiger partial charge on any atom is 0.244 e. The Morgan fingerprint density at radius 2 is 1.92 bits per heavy atom. The molecular formula is C19H23N3O2. The predicted octanol–water partition coefficient (Wildman–Crippen LogP) is 2.51. The summed E-state index contributed by atoms with van der Waals surface area (Å²) in [6, 6.07) is 10.0.